The molecule has 19 heavy (non-hydrogen) atoms. The number of benzene rings is 1. The molecular formula is C16H27N3. The first-order valence-electron chi connectivity index (χ1n) is 7.41. The summed E-state index contributed by atoms with van der Waals surface area (Å²) >= 11 is 0. The van der Waals surface area contributed by atoms with Crippen LogP contribution >= 0.6 is 0 Å². The SMILES string of the molecule is CCCNCc1ccc(N2CCC(N(C)C)C2)cc1. The van der Waals surface area contributed by atoms with Crippen molar-refractivity contribution in [2.75, 3.05) is 38.6 Å². The van der Waals surface area contributed by atoms with Crippen molar-refractivity contribution >= 4 is 5.69 Å². The van der Waals surface area contributed by atoms with Gasteiger partial charge in [-0.3, -0.25) is 0 Å². The van der Waals surface area contributed by atoms with Crippen LogP contribution in [0.1, 0.15) is 25.3 Å². The Morgan fingerprint density at radius 2 is 2.00 bits per heavy atom. The molecule has 1 aliphatic rings. The van der Waals surface area contributed by atoms with Gasteiger partial charge in [0, 0.05) is 31.4 Å². The molecule has 3 nitrogen and oxygen atoms in total. The van der Waals surface area contributed by atoms with Gasteiger partial charge in [-0.05, 0) is 51.2 Å². The van der Waals surface area contributed by atoms with Crippen molar-refractivity contribution < 1.29 is 0 Å². The summed E-state index contributed by atoms with van der Waals surface area (Å²) in [5.74, 6) is 0. The van der Waals surface area contributed by atoms with Gasteiger partial charge >= 0.3 is 0 Å². The second-order valence-electron chi connectivity index (χ2n) is 5.70. The number of nitrogens with one attached hydrogen (secondary N) is 1. The van der Waals surface area contributed by atoms with Gasteiger partial charge in [-0.1, -0.05) is 19.1 Å². The van der Waals surface area contributed by atoms with Crippen LogP contribution < -0.4 is 10.2 Å². The van der Waals surface area contributed by atoms with Crippen molar-refractivity contribution in [3.05, 3.63) is 29.8 Å². The van der Waals surface area contributed by atoms with Crippen LogP contribution in [0.2, 0.25) is 0 Å². The van der Waals surface area contributed by atoms with Crippen LogP contribution in [0.15, 0.2) is 24.3 Å². The molecule has 0 aromatic heterocycles. The summed E-state index contributed by atoms with van der Waals surface area (Å²) < 4.78 is 0. The molecule has 1 aromatic rings. The highest BCUT2D eigenvalue weighted by molar-refractivity contribution is 5.48. The van der Waals surface area contributed by atoms with Gasteiger partial charge in [-0.15, -0.1) is 0 Å². The molecule has 1 fully saturated rings. The zero-order valence-corrected chi connectivity index (χ0v) is 12.5. The number of nitrogens with zero attached hydrogens (tertiary/aromatic N) is 2. The third-order valence-corrected chi connectivity index (χ3v) is 3.95. The minimum Gasteiger partial charge on any atom is -0.370 e. The molecule has 0 bridgehead atoms. The molecule has 1 unspecified atom stereocenters. The second-order valence-corrected chi connectivity index (χ2v) is 5.70. The molecule has 106 valence electrons. The van der Waals surface area contributed by atoms with Gasteiger partial charge in [0.05, 0.1) is 0 Å². The van der Waals surface area contributed by atoms with Crippen LogP contribution in [-0.4, -0.2) is 44.7 Å². The molecule has 1 heterocycles. The maximum absolute atomic E-state index is 3.44. The highest BCUT2D eigenvalue weighted by Gasteiger charge is 2.23. The normalized spacial score (nSPS) is 19.4. The van der Waals surface area contributed by atoms with Gasteiger partial charge in [0.1, 0.15) is 0 Å². The van der Waals surface area contributed by atoms with Crippen LogP contribution in [0.4, 0.5) is 5.69 Å². The minimum absolute atomic E-state index is 0.700. The van der Waals surface area contributed by atoms with Crippen molar-refractivity contribution in [2.24, 2.45) is 0 Å². The molecule has 1 aromatic carbocycles. The first-order valence-corrected chi connectivity index (χ1v) is 7.41. The van der Waals surface area contributed by atoms with Crippen molar-refractivity contribution in [1.82, 2.24) is 10.2 Å². The van der Waals surface area contributed by atoms with Gasteiger partial charge in [0.2, 0.25) is 0 Å². The summed E-state index contributed by atoms with van der Waals surface area (Å²) in [6.45, 7) is 6.61. The van der Waals surface area contributed by atoms with Crippen molar-refractivity contribution in [1.29, 1.82) is 0 Å². The lowest BCUT2D eigenvalue weighted by atomic mass is 10.2. The molecule has 0 saturated carbocycles. The predicted octanol–water partition coefficient (Wildman–Crippen LogP) is 2.33. The average Bonchev–Trinajstić information content (AvgIpc) is 2.90. The summed E-state index contributed by atoms with van der Waals surface area (Å²) in [5.41, 5.74) is 2.74. The Kier molecular flexibility index (Phi) is 5.23. The summed E-state index contributed by atoms with van der Waals surface area (Å²) in [5, 5.41) is 3.44. The third kappa shape index (κ3) is 3.95. The van der Waals surface area contributed by atoms with Gasteiger partial charge < -0.3 is 15.1 Å². The fourth-order valence-corrected chi connectivity index (χ4v) is 2.63. The lowest BCUT2D eigenvalue weighted by Crippen LogP contribution is -2.31. The first-order chi connectivity index (χ1) is 9.20. The molecule has 1 atom stereocenters. The zero-order chi connectivity index (χ0) is 13.7. The van der Waals surface area contributed by atoms with Gasteiger partial charge in [0.15, 0.2) is 0 Å². The number of rotatable bonds is 6. The summed E-state index contributed by atoms with van der Waals surface area (Å²) in [6, 6.07) is 9.73. The lowest BCUT2D eigenvalue weighted by Gasteiger charge is -2.22. The quantitative estimate of drug-likeness (QED) is 0.793. The Morgan fingerprint density at radius 1 is 1.26 bits per heavy atom. The number of hydrogen-bond acceptors (Lipinski definition) is 3. The summed E-state index contributed by atoms with van der Waals surface area (Å²) in [7, 11) is 4.35. The fourth-order valence-electron chi connectivity index (χ4n) is 2.63. The van der Waals surface area contributed by atoms with Gasteiger partial charge in [-0.2, -0.15) is 0 Å². The molecule has 2 rings (SSSR count). The smallest absolute Gasteiger partial charge is 0.0366 e. The summed E-state index contributed by atoms with van der Waals surface area (Å²) in [4.78, 5) is 4.83. The van der Waals surface area contributed by atoms with Gasteiger partial charge in [0.25, 0.3) is 0 Å². The monoisotopic (exact) mass is 261 g/mol. The Morgan fingerprint density at radius 3 is 2.58 bits per heavy atom. The van der Waals surface area contributed by atoms with Crippen LogP contribution in [0.3, 0.4) is 0 Å². The molecule has 1 N–H and O–H groups in total. The Bertz CT molecular complexity index is 372. The molecular weight excluding hydrogens is 234 g/mol. The average molecular weight is 261 g/mol. The first kappa shape index (κ1) is 14.4. The van der Waals surface area contributed by atoms with E-state index in [2.05, 4.69) is 60.4 Å². The van der Waals surface area contributed by atoms with E-state index in [0.717, 1.165) is 19.6 Å². The van der Waals surface area contributed by atoms with E-state index in [1.807, 2.05) is 0 Å². The number of hydrogen-bond donors (Lipinski definition) is 1. The predicted molar refractivity (Wildman–Crippen MR) is 82.7 cm³/mol. The number of likely N-dealkylation sites (N-methyl/N-ethyl adjacent to an activating group) is 1. The van der Waals surface area contributed by atoms with Crippen LogP contribution in [0.5, 0.6) is 0 Å². The van der Waals surface area contributed by atoms with Crippen LogP contribution in [-0.2, 0) is 6.54 Å². The molecule has 1 saturated heterocycles. The molecule has 3 heteroatoms. The van der Waals surface area contributed by atoms with Crippen LogP contribution in [0.25, 0.3) is 0 Å². The second kappa shape index (κ2) is 6.92. The van der Waals surface area contributed by atoms with Gasteiger partial charge in [-0.25, -0.2) is 0 Å². The van der Waals surface area contributed by atoms with E-state index < -0.39 is 0 Å². The molecule has 0 radical (unpaired) electrons. The van der Waals surface area contributed by atoms with Crippen LogP contribution in [0, 0.1) is 0 Å². The number of anilines is 1. The van der Waals surface area contributed by atoms with E-state index in [1.165, 1.54) is 30.6 Å². The Hall–Kier alpha value is -1.06. The highest BCUT2D eigenvalue weighted by Crippen LogP contribution is 2.22. The highest BCUT2D eigenvalue weighted by atomic mass is 15.2. The largest absolute Gasteiger partial charge is 0.370 e. The van der Waals surface area contributed by atoms with E-state index in [-0.39, 0.29) is 0 Å². The molecule has 0 amide bonds. The van der Waals surface area contributed by atoms with E-state index in [1.54, 1.807) is 0 Å². The third-order valence-electron chi connectivity index (χ3n) is 3.95. The minimum atomic E-state index is 0.700. The van der Waals surface area contributed by atoms with E-state index in [9.17, 15) is 0 Å². The molecule has 0 aliphatic carbocycles. The lowest BCUT2D eigenvalue weighted by molar-refractivity contribution is 0.315. The topological polar surface area (TPSA) is 18.5 Å². The van der Waals surface area contributed by atoms with Crippen molar-refractivity contribution in [3.8, 4) is 0 Å². The fraction of sp³-hybridized carbons (Fsp3) is 0.625. The molecule has 1 aliphatic heterocycles. The Balaban J connectivity index is 1.88. The van der Waals surface area contributed by atoms with E-state index >= 15 is 0 Å². The van der Waals surface area contributed by atoms with Crippen molar-refractivity contribution in [3.63, 3.8) is 0 Å². The van der Waals surface area contributed by atoms with Crippen molar-refractivity contribution in [2.45, 2.75) is 32.4 Å². The maximum Gasteiger partial charge on any atom is 0.0366 e. The van der Waals surface area contributed by atoms with E-state index in [4.69, 9.17) is 0 Å². The Labute approximate surface area is 117 Å². The standard InChI is InChI=1S/C16H27N3/c1-4-10-17-12-14-5-7-15(8-6-14)19-11-9-16(13-19)18(2)3/h5-8,16-17H,4,9-13H2,1-3H3. The maximum atomic E-state index is 3.44. The summed E-state index contributed by atoms with van der Waals surface area (Å²) in [6.07, 6.45) is 2.46. The molecule has 0 spiro atoms. The van der Waals surface area contributed by atoms with E-state index in [0.29, 0.717) is 6.04 Å². The zero-order valence-electron chi connectivity index (χ0n) is 12.5.